The molecule has 0 aliphatic heterocycles. The van der Waals surface area contributed by atoms with Crippen LogP contribution in [0.1, 0.15) is 19.4 Å². The molecule has 0 amide bonds. The molecule has 0 atom stereocenters. The van der Waals surface area contributed by atoms with Gasteiger partial charge in [-0.25, -0.2) is 0 Å². The number of nitrogens with one attached hydrogen (secondary N) is 1. The average molecular weight is 281 g/mol. The SMILES string of the molecule is C=C/C(=C\C)COc1cc(NCC)c(C)c2ccccc12. The van der Waals surface area contributed by atoms with Crippen LogP contribution in [0.3, 0.4) is 0 Å². The molecule has 0 fully saturated rings. The molecule has 2 rings (SSSR count). The van der Waals surface area contributed by atoms with Crippen LogP contribution in [0.2, 0.25) is 0 Å². The molecule has 110 valence electrons. The predicted molar refractivity (Wildman–Crippen MR) is 92.3 cm³/mol. The largest absolute Gasteiger partial charge is 0.488 e. The van der Waals surface area contributed by atoms with Gasteiger partial charge in [0.25, 0.3) is 0 Å². The zero-order chi connectivity index (χ0) is 15.2. The monoisotopic (exact) mass is 281 g/mol. The first-order chi connectivity index (χ1) is 10.2. The number of ether oxygens (including phenoxy) is 1. The Morgan fingerprint density at radius 2 is 2.00 bits per heavy atom. The van der Waals surface area contributed by atoms with Gasteiger partial charge in [0, 0.05) is 23.7 Å². The Morgan fingerprint density at radius 3 is 2.62 bits per heavy atom. The maximum atomic E-state index is 6.03. The molecule has 0 spiro atoms. The fraction of sp³-hybridized carbons (Fsp3) is 0.263. The van der Waals surface area contributed by atoms with E-state index in [-0.39, 0.29) is 0 Å². The van der Waals surface area contributed by atoms with Crippen LogP contribution in [0.15, 0.2) is 54.6 Å². The Bertz CT molecular complexity index is 671. The lowest BCUT2D eigenvalue weighted by atomic mass is 10.0. The Balaban J connectivity index is 2.46. The third-order valence-corrected chi connectivity index (χ3v) is 3.67. The normalized spacial score (nSPS) is 11.5. The first-order valence-corrected chi connectivity index (χ1v) is 7.37. The lowest BCUT2D eigenvalue weighted by Gasteiger charge is -2.16. The molecule has 21 heavy (non-hydrogen) atoms. The second-order valence-corrected chi connectivity index (χ2v) is 4.98. The van der Waals surface area contributed by atoms with Crippen LogP contribution in [0.5, 0.6) is 5.75 Å². The van der Waals surface area contributed by atoms with Crippen LogP contribution in [0.25, 0.3) is 10.8 Å². The van der Waals surface area contributed by atoms with E-state index in [0.29, 0.717) is 6.61 Å². The zero-order valence-corrected chi connectivity index (χ0v) is 13.1. The van der Waals surface area contributed by atoms with E-state index in [9.17, 15) is 0 Å². The summed E-state index contributed by atoms with van der Waals surface area (Å²) in [4.78, 5) is 0. The van der Waals surface area contributed by atoms with Gasteiger partial charge >= 0.3 is 0 Å². The summed E-state index contributed by atoms with van der Waals surface area (Å²) in [6, 6.07) is 10.5. The number of hydrogen-bond acceptors (Lipinski definition) is 2. The summed E-state index contributed by atoms with van der Waals surface area (Å²) in [7, 11) is 0. The first-order valence-electron chi connectivity index (χ1n) is 7.37. The molecule has 2 aromatic rings. The molecule has 0 saturated heterocycles. The van der Waals surface area contributed by atoms with Gasteiger partial charge in [0.15, 0.2) is 0 Å². The summed E-state index contributed by atoms with van der Waals surface area (Å²) in [6.07, 6.45) is 3.86. The van der Waals surface area contributed by atoms with Crippen LogP contribution in [-0.2, 0) is 0 Å². The lowest BCUT2D eigenvalue weighted by molar-refractivity contribution is 0.360. The predicted octanol–water partition coefficient (Wildman–Crippen LogP) is 5.09. The third kappa shape index (κ3) is 3.27. The van der Waals surface area contributed by atoms with Gasteiger partial charge < -0.3 is 10.1 Å². The maximum Gasteiger partial charge on any atom is 0.129 e. The van der Waals surface area contributed by atoms with E-state index in [1.807, 2.05) is 25.1 Å². The fourth-order valence-corrected chi connectivity index (χ4v) is 2.40. The van der Waals surface area contributed by atoms with Crippen molar-refractivity contribution in [1.29, 1.82) is 0 Å². The number of anilines is 1. The summed E-state index contributed by atoms with van der Waals surface area (Å²) in [6.45, 7) is 11.5. The van der Waals surface area contributed by atoms with Crippen molar-refractivity contribution in [3.8, 4) is 5.75 Å². The Labute approximate surface area is 127 Å². The molecule has 2 nitrogen and oxygen atoms in total. The summed E-state index contributed by atoms with van der Waals surface area (Å²) in [5.41, 5.74) is 3.48. The molecule has 0 aliphatic rings. The molecule has 0 saturated carbocycles. The number of hydrogen-bond donors (Lipinski definition) is 1. The number of aryl methyl sites for hydroxylation is 1. The highest BCUT2D eigenvalue weighted by atomic mass is 16.5. The van der Waals surface area contributed by atoms with E-state index in [1.54, 1.807) is 0 Å². The molecule has 0 unspecified atom stereocenters. The first kappa shape index (κ1) is 15.2. The van der Waals surface area contributed by atoms with Gasteiger partial charge in [-0.15, -0.1) is 0 Å². The van der Waals surface area contributed by atoms with Crippen molar-refractivity contribution in [1.82, 2.24) is 0 Å². The zero-order valence-electron chi connectivity index (χ0n) is 13.1. The minimum Gasteiger partial charge on any atom is -0.488 e. The minimum absolute atomic E-state index is 0.540. The number of benzene rings is 2. The molecule has 0 aromatic heterocycles. The molecule has 0 heterocycles. The van der Waals surface area contributed by atoms with Crippen LogP contribution in [0.4, 0.5) is 5.69 Å². The van der Waals surface area contributed by atoms with E-state index < -0.39 is 0 Å². The van der Waals surface area contributed by atoms with Gasteiger partial charge in [-0.05, 0) is 37.3 Å². The van der Waals surface area contributed by atoms with Gasteiger partial charge in [-0.3, -0.25) is 0 Å². The standard InChI is InChI=1S/C19H23NO/c1-5-15(6-2)13-21-19-12-18(20-7-3)14(4)16-10-8-9-11-17(16)19/h5-6,8-12,20H,1,7,13H2,2-4H3/b15-6+. The van der Waals surface area contributed by atoms with Crippen LogP contribution in [0, 0.1) is 6.92 Å². The lowest BCUT2D eigenvalue weighted by Crippen LogP contribution is -2.03. The van der Waals surface area contributed by atoms with Gasteiger partial charge in [-0.2, -0.15) is 0 Å². The summed E-state index contributed by atoms with van der Waals surface area (Å²) in [5.74, 6) is 0.911. The van der Waals surface area contributed by atoms with E-state index in [0.717, 1.165) is 28.9 Å². The molecular weight excluding hydrogens is 258 g/mol. The number of fused-ring (bicyclic) bond motifs is 1. The summed E-state index contributed by atoms with van der Waals surface area (Å²) in [5, 5.41) is 5.79. The topological polar surface area (TPSA) is 21.3 Å². The highest BCUT2D eigenvalue weighted by Crippen LogP contribution is 2.34. The van der Waals surface area contributed by atoms with Gasteiger partial charge in [0.2, 0.25) is 0 Å². The van der Waals surface area contributed by atoms with Gasteiger partial charge in [0.05, 0.1) is 0 Å². The van der Waals surface area contributed by atoms with E-state index in [2.05, 4.69) is 50.0 Å². The molecule has 0 bridgehead atoms. The van der Waals surface area contributed by atoms with Crippen LogP contribution < -0.4 is 10.1 Å². The third-order valence-electron chi connectivity index (χ3n) is 3.67. The quantitative estimate of drug-likeness (QED) is 0.744. The van der Waals surface area contributed by atoms with Crippen molar-refractivity contribution < 1.29 is 4.74 Å². The highest BCUT2D eigenvalue weighted by Gasteiger charge is 2.09. The smallest absolute Gasteiger partial charge is 0.129 e. The van der Waals surface area contributed by atoms with E-state index in [4.69, 9.17) is 4.74 Å². The molecule has 0 aliphatic carbocycles. The molecule has 0 radical (unpaired) electrons. The molecule has 1 N–H and O–H groups in total. The van der Waals surface area contributed by atoms with E-state index in [1.165, 1.54) is 10.9 Å². The molecule has 2 aromatic carbocycles. The second-order valence-electron chi connectivity index (χ2n) is 4.98. The maximum absolute atomic E-state index is 6.03. The Morgan fingerprint density at radius 1 is 1.29 bits per heavy atom. The molecular formula is C19H23NO. The number of allylic oxidation sites excluding steroid dienone is 1. The average Bonchev–Trinajstić information content (AvgIpc) is 2.52. The van der Waals surface area contributed by atoms with Crippen molar-refractivity contribution in [2.75, 3.05) is 18.5 Å². The van der Waals surface area contributed by atoms with Crippen LogP contribution >= 0.6 is 0 Å². The summed E-state index contributed by atoms with van der Waals surface area (Å²) >= 11 is 0. The fourth-order valence-electron chi connectivity index (χ4n) is 2.40. The number of rotatable bonds is 6. The van der Waals surface area contributed by atoms with Crippen molar-refractivity contribution in [3.05, 3.63) is 60.2 Å². The van der Waals surface area contributed by atoms with Crippen LogP contribution in [-0.4, -0.2) is 13.2 Å². The van der Waals surface area contributed by atoms with Crippen molar-refractivity contribution in [3.63, 3.8) is 0 Å². The van der Waals surface area contributed by atoms with Crippen molar-refractivity contribution in [2.24, 2.45) is 0 Å². The second kappa shape index (κ2) is 6.98. The van der Waals surface area contributed by atoms with Crippen molar-refractivity contribution in [2.45, 2.75) is 20.8 Å². The van der Waals surface area contributed by atoms with E-state index >= 15 is 0 Å². The highest BCUT2D eigenvalue weighted by molar-refractivity contribution is 5.95. The minimum atomic E-state index is 0.540. The van der Waals surface area contributed by atoms with Gasteiger partial charge in [0.1, 0.15) is 12.4 Å². The molecule has 2 heteroatoms. The Hall–Kier alpha value is -2.22. The van der Waals surface area contributed by atoms with Gasteiger partial charge in [-0.1, -0.05) is 43.0 Å². The Kier molecular flexibility index (Phi) is 5.04. The van der Waals surface area contributed by atoms with Crippen molar-refractivity contribution >= 4 is 16.5 Å². The summed E-state index contributed by atoms with van der Waals surface area (Å²) < 4.78 is 6.03.